The number of anilines is 1. The van der Waals surface area contributed by atoms with Crippen LogP contribution in [0.3, 0.4) is 0 Å². The number of thioether (sulfide) groups is 1. The van der Waals surface area contributed by atoms with Gasteiger partial charge in [0, 0.05) is 16.8 Å². The molecule has 0 saturated heterocycles. The Bertz CT molecular complexity index is 572. The van der Waals surface area contributed by atoms with Crippen LogP contribution < -0.4 is 5.73 Å². The molecule has 2 rings (SSSR count). The second-order valence-electron chi connectivity index (χ2n) is 3.78. The molecule has 0 amide bonds. The minimum Gasteiger partial charge on any atom is -0.469 e. The number of nitrogens with two attached hydrogens (primary N) is 1. The molecule has 4 nitrogen and oxygen atoms in total. The Labute approximate surface area is 110 Å². The Hall–Kier alpha value is -1.75. The van der Waals surface area contributed by atoms with Gasteiger partial charge in [-0.05, 0) is 24.3 Å². The average molecular weight is 262 g/mol. The molecular formula is C13H14N2O2S. The van der Waals surface area contributed by atoms with Crippen LogP contribution in [0.25, 0.3) is 10.9 Å². The van der Waals surface area contributed by atoms with Crippen molar-refractivity contribution in [2.45, 2.75) is 11.4 Å². The molecule has 1 aromatic heterocycles. The number of hydrogen-bond donors (Lipinski definition) is 1. The number of carbonyl (C=O) groups excluding carboxylic acids is 1. The molecule has 5 heteroatoms. The first-order chi connectivity index (χ1) is 8.69. The molecule has 0 radical (unpaired) electrons. The topological polar surface area (TPSA) is 65.2 Å². The van der Waals surface area contributed by atoms with Gasteiger partial charge < -0.3 is 10.5 Å². The van der Waals surface area contributed by atoms with Crippen LogP contribution in [0.5, 0.6) is 0 Å². The number of rotatable bonds is 4. The van der Waals surface area contributed by atoms with Crippen LogP contribution in [0, 0.1) is 0 Å². The molecule has 0 unspecified atom stereocenters. The van der Waals surface area contributed by atoms with Crippen LogP contribution in [0.4, 0.5) is 5.69 Å². The van der Waals surface area contributed by atoms with Crippen LogP contribution in [0.15, 0.2) is 35.4 Å². The Kier molecular flexibility index (Phi) is 4.04. The van der Waals surface area contributed by atoms with E-state index in [1.54, 1.807) is 0 Å². The van der Waals surface area contributed by atoms with Crippen molar-refractivity contribution in [2.24, 2.45) is 0 Å². The maximum Gasteiger partial charge on any atom is 0.306 e. The first-order valence-electron chi connectivity index (χ1n) is 5.55. The van der Waals surface area contributed by atoms with E-state index in [-0.39, 0.29) is 5.97 Å². The minimum absolute atomic E-state index is 0.198. The van der Waals surface area contributed by atoms with E-state index in [4.69, 9.17) is 5.73 Å². The average Bonchev–Trinajstić information content (AvgIpc) is 2.38. The number of esters is 1. The molecule has 0 bridgehead atoms. The lowest BCUT2D eigenvalue weighted by Gasteiger charge is -2.03. The van der Waals surface area contributed by atoms with E-state index in [9.17, 15) is 4.79 Å². The lowest BCUT2D eigenvalue weighted by atomic mass is 10.2. The van der Waals surface area contributed by atoms with Crippen molar-refractivity contribution in [3.05, 3.63) is 30.3 Å². The molecule has 94 valence electrons. The number of ether oxygens (including phenoxy) is 1. The molecule has 0 aliphatic carbocycles. The van der Waals surface area contributed by atoms with E-state index in [2.05, 4.69) is 9.72 Å². The zero-order valence-corrected chi connectivity index (χ0v) is 10.9. The third-order valence-electron chi connectivity index (χ3n) is 2.47. The van der Waals surface area contributed by atoms with Crippen LogP contribution in [0.1, 0.15) is 6.42 Å². The Morgan fingerprint density at radius 2 is 2.22 bits per heavy atom. The molecule has 2 aromatic rings. The van der Waals surface area contributed by atoms with Crippen LogP contribution >= 0.6 is 11.8 Å². The van der Waals surface area contributed by atoms with Gasteiger partial charge in [-0.15, -0.1) is 11.8 Å². The highest BCUT2D eigenvalue weighted by Gasteiger charge is 2.03. The predicted molar refractivity (Wildman–Crippen MR) is 73.5 cm³/mol. The fourth-order valence-electron chi connectivity index (χ4n) is 1.55. The van der Waals surface area contributed by atoms with Gasteiger partial charge in [0.2, 0.25) is 0 Å². The molecule has 0 atom stereocenters. The number of fused-ring (bicyclic) bond motifs is 1. The predicted octanol–water partition coefficient (Wildman–Crippen LogP) is 2.47. The number of nitrogens with zero attached hydrogens (tertiary/aromatic N) is 1. The van der Waals surface area contributed by atoms with Crippen molar-refractivity contribution < 1.29 is 9.53 Å². The summed E-state index contributed by atoms with van der Waals surface area (Å²) in [6.45, 7) is 0. The molecule has 0 aliphatic heterocycles. The summed E-state index contributed by atoms with van der Waals surface area (Å²) in [5.74, 6) is 0.469. The standard InChI is InChI=1S/C13H14N2O2S/c1-17-13(16)6-7-18-12-5-2-9-8-10(14)3-4-11(9)15-12/h2-5,8H,6-7,14H2,1H3. The molecule has 2 N–H and O–H groups in total. The summed E-state index contributed by atoms with van der Waals surface area (Å²) >= 11 is 1.54. The highest BCUT2D eigenvalue weighted by molar-refractivity contribution is 7.99. The van der Waals surface area contributed by atoms with Crippen LogP contribution in [-0.2, 0) is 9.53 Å². The molecule has 0 spiro atoms. The second-order valence-corrected chi connectivity index (χ2v) is 4.89. The van der Waals surface area contributed by atoms with E-state index >= 15 is 0 Å². The number of benzene rings is 1. The summed E-state index contributed by atoms with van der Waals surface area (Å²) in [5.41, 5.74) is 7.35. The number of hydrogen-bond acceptors (Lipinski definition) is 5. The second kappa shape index (κ2) is 5.73. The minimum atomic E-state index is -0.198. The number of aromatic nitrogens is 1. The lowest BCUT2D eigenvalue weighted by molar-refractivity contribution is -0.140. The summed E-state index contributed by atoms with van der Waals surface area (Å²) in [4.78, 5) is 15.5. The number of methoxy groups -OCH3 is 1. The van der Waals surface area contributed by atoms with Crippen molar-refractivity contribution in [1.29, 1.82) is 0 Å². The van der Waals surface area contributed by atoms with Gasteiger partial charge in [-0.3, -0.25) is 4.79 Å². The monoisotopic (exact) mass is 262 g/mol. The third kappa shape index (κ3) is 3.13. The first kappa shape index (κ1) is 12.7. The first-order valence-corrected chi connectivity index (χ1v) is 6.53. The summed E-state index contributed by atoms with van der Waals surface area (Å²) < 4.78 is 4.58. The van der Waals surface area contributed by atoms with Crippen molar-refractivity contribution in [3.8, 4) is 0 Å². The van der Waals surface area contributed by atoms with Crippen molar-refractivity contribution in [3.63, 3.8) is 0 Å². The highest BCUT2D eigenvalue weighted by atomic mass is 32.2. The smallest absolute Gasteiger partial charge is 0.306 e. The van der Waals surface area contributed by atoms with E-state index in [0.717, 1.165) is 21.6 Å². The Morgan fingerprint density at radius 1 is 1.39 bits per heavy atom. The number of nitrogen functional groups attached to an aromatic ring is 1. The number of pyridine rings is 1. The molecular weight excluding hydrogens is 248 g/mol. The van der Waals surface area contributed by atoms with Crippen LogP contribution in [-0.4, -0.2) is 23.8 Å². The molecule has 18 heavy (non-hydrogen) atoms. The molecule has 1 aromatic carbocycles. The van der Waals surface area contributed by atoms with Gasteiger partial charge in [0.15, 0.2) is 0 Å². The zero-order chi connectivity index (χ0) is 13.0. The van der Waals surface area contributed by atoms with E-state index < -0.39 is 0 Å². The van der Waals surface area contributed by atoms with Crippen molar-refractivity contribution >= 4 is 34.3 Å². The largest absolute Gasteiger partial charge is 0.469 e. The normalized spacial score (nSPS) is 10.5. The summed E-state index contributed by atoms with van der Waals surface area (Å²) in [7, 11) is 1.39. The lowest BCUT2D eigenvalue weighted by Crippen LogP contribution is -2.01. The van der Waals surface area contributed by atoms with Crippen LogP contribution in [0.2, 0.25) is 0 Å². The highest BCUT2D eigenvalue weighted by Crippen LogP contribution is 2.22. The summed E-state index contributed by atoms with van der Waals surface area (Å²) in [6, 6.07) is 9.54. The fraction of sp³-hybridized carbons (Fsp3) is 0.231. The molecule has 0 saturated carbocycles. The molecule has 1 heterocycles. The van der Waals surface area contributed by atoms with Gasteiger partial charge in [-0.1, -0.05) is 6.07 Å². The van der Waals surface area contributed by atoms with Gasteiger partial charge >= 0.3 is 5.97 Å². The summed E-state index contributed by atoms with van der Waals surface area (Å²) in [6.07, 6.45) is 0.391. The zero-order valence-electron chi connectivity index (χ0n) is 10.1. The van der Waals surface area contributed by atoms with Gasteiger partial charge in [0.25, 0.3) is 0 Å². The van der Waals surface area contributed by atoms with Gasteiger partial charge in [0.1, 0.15) is 0 Å². The number of carbonyl (C=O) groups is 1. The van der Waals surface area contributed by atoms with Crippen molar-refractivity contribution in [2.75, 3.05) is 18.6 Å². The SMILES string of the molecule is COC(=O)CCSc1ccc2cc(N)ccc2n1. The van der Waals surface area contributed by atoms with Gasteiger partial charge in [0.05, 0.1) is 24.1 Å². The Morgan fingerprint density at radius 3 is 3.00 bits per heavy atom. The fourth-order valence-corrected chi connectivity index (χ4v) is 2.35. The maximum absolute atomic E-state index is 11.0. The van der Waals surface area contributed by atoms with E-state index in [0.29, 0.717) is 12.2 Å². The van der Waals surface area contributed by atoms with E-state index in [1.165, 1.54) is 18.9 Å². The Balaban J connectivity index is 2.06. The quantitative estimate of drug-likeness (QED) is 0.521. The van der Waals surface area contributed by atoms with E-state index in [1.807, 2.05) is 30.3 Å². The van der Waals surface area contributed by atoms with Crippen molar-refractivity contribution in [1.82, 2.24) is 4.98 Å². The van der Waals surface area contributed by atoms with Gasteiger partial charge in [-0.2, -0.15) is 0 Å². The maximum atomic E-state index is 11.0. The van der Waals surface area contributed by atoms with Gasteiger partial charge in [-0.25, -0.2) is 4.98 Å². The molecule has 0 aliphatic rings. The third-order valence-corrected chi connectivity index (χ3v) is 3.40. The molecule has 0 fully saturated rings. The summed E-state index contributed by atoms with van der Waals surface area (Å²) in [5, 5.41) is 1.92.